The van der Waals surface area contributed by atoms with Gasteiger partial charge in [0, 0.05) is 24.4 Å². The monoisotopic (exact) mass is 296 g/mol. The van der Waals surface area contributed by atoms with Crippen LogP contribution in [0.5, 0.6) is 0 Å². The molecule has 1 saturated heterocycles. The number of carbonyl (C=O) groups excluding carboxylic acids is 1. The third kappa shape index (κ3) is 2.77. The topological polar surface area (TPSA) is 106 Å². The van der Waals surface area contributed by atoms with Gasteiger partial charge in [-0.15, -0.1) is 0 Å². The number of hydrogen-bond acceptors (Lipinski definition) is 3. The molecule has 1 unspecified atom stereocenters. The van der Waals surface area contributed by atoms with Gasteiger partial charge >= 0.3 is 5.97 Å². The van der Waals surface area contributed by atoms with Crippen molar-refractivity contribution in [3.63, 3.8) is 0 Å². The summed E-state index contributed by atoms with van der Waals surface area (Å²) in [5.74, 6) is -4.98. The number of hydrogen-bond donors (Lipinski definition) is 1. The van der Waals surface area contributed by atoms with Crippen molar-refractivity contribution in [3.8, 4) is 0 Å². The molecule has 1 aliphatic heterocycles. The molecule has 1 atom stereocenters. The SMILES string of the molecule is [N-]=[N+]=NCC1CC(=O)N(c2c(C(=O)O)ccc(F)c2F)C1. The average Bonchev–Trinajstić information content (AvgIpc) is 2.80. The maximum atomic E-state index is 13.9. The van der Waals surface area contributed by atoms with Crippen LogP contribution < -0.4 is 4.90 Å². The van der Waals surface area contributed by atoms with Crippen LogP contribution in [0.3, 0.4) is 0 Å². The van der Waals surface area contributed by atoms with Gasteiger partial charge in [0.2, 0.25) is 5.91 Å². The van der Waals surface area contributed by atoms with E-state index in [2.05, 4.69) is 10.0 Å². The van der Waals surface area contributed by atoms with E-state index in [1.54, 1.807) is 0 Å². The standard InChI is InChI=1S/C12H10F2N4O3/c13-8-2-1-7(12(20)21)11(10(8)14)18-5-6(3-9(18)19)4-16-17-15/h1-2,6H,3-5H2,(H,20,21). The minimum Gasteiger partial charge on any atom is -0.478 e. The normalized spacial score (nSPS) is 17.7. The van der Waals surface area contributed by atoms with Gasteiger partial charge in [0.1, 0.15) is 0 Å². The largest absolute Gasteiger partial charge is 0.478 e. The number of benzene rings is 1. The summed E-state index contributed by atoms with van der Waals surface area (Å²) in [6.45, 7) is -0.00339. The molecule has 1 N–H and O–H groups in total. The summed E-state index contributed by atoms with van der Waals surface area (Å²) in [5.41, 5.74) is 7.16. The molecule has 0 aromatic heterocycles. The van der Waals surface area contributed by atoms with Gasteiger partial charge in [-0.3, -0.25) is 4.79 Å². The number of azide groups is 1. The van der Waals surface area contributed by atoms with Gasteiger partial charge < -0.3 is 10.0 Å². The van der Waals surface area contributed by atoms with Crippen LogP contribution in [0.1, 0.15) is 16.8 Å². The summed E-state index contributed by atoms with van der Waals surface area (Å²) < 4.78 is 27.2. The summed E-state index contributed by atoms with van der Waals surface area (Å²) in [4.78, 5) is 26.5. The van der Waals surface area contributed by atoms with E-state index in [1.807, 2.05) is 0 Å². The van der Waals surface area contributed by atoms with Gasteiger partial charge in [-0.2, -0.15) is 0 Å². The van der Waals surface area contributed by atoms with E-state index in [0.29, 0.717) is 6.07 Å². The van der Waals surface area contributed by atoms with Gasteiger partial charge in [0.15, 0.2) is 11.6 Å². The van der Waals surface area contributed by atoms with Gasteiger partial charge in [-0.25, -0.2) is 13.6 Å². The Balaban J connectivity index is 2.42. The van der Waals surface area contributed by atoms with Crippen molar-refractivity contribution >= 4 is 17.6 Å². The number of carbonyl (C=O) groups is 2. The van der Waals surface area contributed by atoms with Crippen molar-refractivity contribution in [1.82, 2.24) is 0 Å². The zero-order valence-corrected chi connectivity index (χ0v) is 10.7. The smallest absolute Gasteiger partial charge is 0.337 e. The molecule has 0 aliphatic carbocycles. The molecule has 0 saturated carbocycles. The first-order chi connectivity index (χ1) is 9.95. The molecule has 1 heterocycles. The van der Waals surface area contributed by atoms with Crippen LogP contribution in [0.2, 0.25) is 0 Å². The first-order valence-corrected chi connectivity index (χ1v) is 5.98. The molecule has 1 aromatic rings. The van der Waals surface area contributed by atoms with Gasteiger partial charge in [0.25, 0.3) is 0 Å². The highest BCUT2D eigenvalue weighted by Gasteiger charge is 2.35. The van der Waals surface area contributed by atoms with Crippen molar-refractivity contribution in [2.75, 3.05) is 18.0 Å². The van der Waals surface area contributed by atoms with E-state index in [1.165, 1.54) is 0 Å². The van der Waals surface area contributed by atoms with E-state index in [4.69, 9.17) is 10.6 Å². The van der Waals surface area contributed by atoms with Crippen LogP contribution in [-0.2, 0) is 4.79 Å². The van der Waals surface area contributed by atoms with Crippen molar-refractivity contribution in [2.45, 2.75) is 6.42 Å². The molecule has 110 valence electrons. The highest BCUT2D eigenvalue weighted by Crippen LogP contribution is 2.32. The van der Waals surface area contributed by atoms with Crippen molar-refractivity contribution in [1.29, 1.82) is 0 Å². The highest BCUT2D eigenvalue weighted by atomic mass is 19.2. The molecule has 0 radical (unpaired) electrons. The minimum absolute atomic E-state index is 0.0198. The molecular formula is C12H10F2N4O3. The molecule has 9 heteroatoms. The lowest BCUT2D eigenvalue weighted by Crippen LogP contribution is -2.28. The summed E-state index contributed by atoms with van der Waals surface area (Å²) >= 11 is 0. The third-order valence-corrected chi connectivity index (χ3v) is 3.18. The fourth-order valence-corrected chi connectivity index (χ4v) is 2.25. The molecule has 1 aromatic carbocycles. The Morgan fingerprint density at radius 3 is 2.86 bits per heavy atom. The van der Waals surface area contributed by atoms with Gasteiger partial charge in [-0.05, 0) is 23.6 Å². The highest BCUT2D eigenvalue weighted by molar-refractivity contribution is 6.03. The summed E-state index contributed by atoms with van der Waals surface area (Å²) in [7, 11) is 0. The summed E-state index contributed by atoms with van der Waals surface area (Å²) in [6.07, 6.45) is -0.0198. The predicted octanol–water partition coefficient (Wildman–Crippen LogP) is 2.33. The van der Waals surface area contributed by atoms with E-state index in [-0.39, 0.29) is 25.4 Å². The molecule has 0 spiro atoms. The molecule has 0 bridgehead atoms. The van der Waals surface area contributed by atoms with Crippen LogP contribution >= 0.6 is 0 Å². The van der Waals surface area contributed by atoms with E-state index in [9.17, 15) is 18.4 Å². The fraction of sp³-hybridized carbons (Fsp3) is 0.333. The van der Waals surface area contributed by atoms with Crippen LogP contribution in [0.4, 0.5) is 14.5 Å². The van der Waals surface area contributed by atoms with Crippen molar-refractivity contribution in [2.24, 2.45) is 11.0 Å². The molecule has 21 heavy (non-hydrogen) atoms. The minimum atomic E-state index is -1.46. The van der Waals surface area contributed by atoms with E-state index in [0.717, 1.165) is 11.0 Å². The lowest BCUT2D eigenvalue weighted by atomic mass is 10.1. The molecule has 2 rings (SSSR count). The fourth-order valence-electron chi connectivity index (χ4n) is 2.25. The first-order valence-electron chi connectivity index (χ1n) is 5.98. The van der Waals surface area contributed by atoms with Gasteiger partial charge in [0.05, 0.1) is 11.3 Å². The Kier molecular flexibility index (Phi) is 4.04. The Bertz CT molecular complexity index is 658. The van der Waals surface area contributed by atoms with E-state index >= 15 is 0 Å². The van der Waals surface area contributed by atoms with Crippen molar-refractivity contribution in [3.05, 3.63) is 39.8 Å². The average molecular weight is 296 g/mol. The summed E-state index contributed by atoms with van der Waals surface area (Å²) in [5, 5.41) is 12.4. The van der Waals surface area contributed by atoms with Crippen LogP contribution in [-0.4, -0.2) is 30.1 Å². The molecular weight excluding hydrogens is 286 g/mol. The molecule has 1 amide bonds. The number of anilines is 1. The first kappa shape index (κ1) is 14.7. The number of nitrogens with zero attached hydrogens (tertiary/aromatic N) is 4. The number of aromatic carboxylic acids is 1. The maximum absolute atomic E-state index is 13.9. The number of carboxylic acids is 1. The quantitative estimate of drug-likeness (QED) is 0.523. The number of carboxylic acid groups (broad SMARTS) is 1. The Labute approximate surface area is 117 Å². The number of amides is 1. The molecule has 1 aliphatic rings. The van der Waals surface area contributed by atoms with Gasteiger partial charge in [-0.1, -0.05) is 5.11 Å². The second-order valence-electron chi connectivity index (χ2n) is 4.55. The predicted molar refractivity (Wildman–Crippen MR) is 67.8 cm³/mol. The zero-order chi connectivity index (χ0) is 15.6. The summed E-state index contributed by atoms with van der Waals surface area (Å²) in [6, 6.07) is 1.60. The Morgan fingerprint density at radius 2 is 2.24 bits per heavy atom. The second kappa shape index (κ2) is 5.76. The maximum Gasteiger partial charge on any atom is 0.337 e. The Morgan fingerprint density at radius 1 is 1.52 bits per heavy atom. The lowest BCUT2D eigenvalue weighted by Gasteiger charge is -2.19. The lowest BCUT2D eigenvalue weighted by molar-refractivity contribution is -0.117. The van der Waals surface area contributed by atoms with Crippen LogP contribution in [0.25, 0.3) is 10.4 Å². The van der Waals surface area contributed by atoms with E-state index < -0.39 is 34.8 Å². The number of halogens is 2. The molecule has 7 nitrogen and oxygen atoms in total. The van der Waals surface area contributed by atoms with Crippen LogP contribution in [0.15, 0.2) is 17.2 Å². The number of rotatable bonds is 4. The molecule has 1 fully saturated rings. The third-order valence-electron chi connectivity index (χ3n) is 3.18. The second-order valence-corrected chi connectivity index (χ2v) is 4.55. The zero-order valence-electron chi connectivity index (χ0n) is 10.7. The van der Waals surface area contributed by atoms with Crippen molar-refractivity contribution < 1.29 is 23.5 Å². The van der Waals surface area contributed by atoms with Crippen LogP contribution in [0, 0.1) is 17.6 Å². The Hall–Kier alpha value is -2.67.